The van der Waals surface area contributed by atoms with E-state index in [-0.39, 0.29) is 17.9 Å². The molecule has 3 N–H and O–H groups in total. The summed E-state index contributed by atoms with van der Waals surface area (Å²) >= 11 is 0. The number of benzene rings is 2. The molecular formula is C20H25N3O3. The summed E-state index contributed by atoms with van der Waals surface area (Å²) < 4.78 is 5.27. The van der Waals surface area contributed by atoms with E-state index in [0.29, 0.717) is 23.7 Å². The molecule has 0 saturated carbocycles. The average molecular weight is 355 g/mol. The van der Waals surface area contributed by atoms with Crippen LogP contribution in [0.25, 0.3) is 0 Å². The first-order chi connectivity index (χ1) is 12.5. The van der Waals surface area contributed by atoms with Crippen molar-refractivity contribution in [3.8, 4) is 5.75 Å². The standard InChI is InChI=1S/C20H25N3O3/c1-4-15(16-8-6-5-7-9-16)13-21-20(25)23-18-12-17(22-14(2)24)10-11-19(18)26-3/h5-12,15H,4,13H2,1-3H3,(H,22,24)(H2,21,23,25)/t15-/m0/s1. The lowest BCUT2D eigenvalue weighted by Gasteiger charge is -2.17. The first-order valence-corrected chi connectivity index (χ1v) is 8.59. The van der Waals surface area contributed by atoms with Gasteiger partial charge in [-0.05, 0) is 30.2 Å². The Hall–Kier alpha value is -3.02. The van der Waals surface area contributed by atoms with E-state index >= 15 is 0 Å². The molecule has 2 aromatic rings. The largest absolute Gasteiger partial charge is 0.495 e. The third kappa shape index (κ3) is 5.51. The van der Waals surface area contributed by atoms with Crippen molar-refractivity contribution in [1.29, 1.82) is 0 Å². The van der Waals surface area contributed by atoms with Crippen LogP contribution >= 0.6 is 0 Å². The van der Waals surface area contributed by atoms with Gasteiger partial charge < -0.3 is 20.7 Å². The molecule has 0 aliphatic rings. The molecule has 26 heavy (non-hydrogen) atoms. The van der Waals surface area contributed by atoms with Crippen molar-refractivity contribution in [3.63, 3.8) is 0 Å². The van der Waals surface area contributed by atoms with Gasteiger partial charge in [-0.1, -0.05) is 37.3 Å². The lowest BCUT2D eigenvalue weighted by Crippen LogP contribution is -2.32. The summed E-state index contributed by atoms with van der Waals surface area (Å²) in [5, 5.41) is 8.36. The number of rotatable bonds is 7. The fourth-order valence-corrected chi connectivity index (χ4v) is 2.69. The highest BCUT2D eigenvalue weighted by Crippen LogP contribution is 2.28. The van der Waals surface area contributed by atoms with Crippen molar-refractivity contribution < 1.29 is 14.3 Å². The molecule has 0 fully saturated rings. The molecule has 2 aromatic carbocycles. The fraction of sp³-hybridized carbons (Fsp3) is 0.300. The van der Waals surface area contributed by atoms with Crippen molar-refractivity contribution in [1.82, 2.24) is 5.32 Å². The van der Waals surface area contributed by atoms with Crippen LogP contribution in [0.1, 0.15) is 31.7 Å². The first-order valence-electron chi connectivity index (χ1n) is 8.59. The summed E-state index contributed by atoms with van der Waals surface area (Å²) in [6.45, 7) is 4.05. The normalized spacial score (nSPS) is 11.3. The molecule has 138 valence electrons. The summed E-state index contributed by atoms with van der Waals surface area (Å²) in [6.07, 6.45) is 0.922. The summed E-state index contributed by atoms with van der Waals surface area (Å²) in [6, 6.07) is 14.8. The van der Waals surface area contributed by atoms with Crippen molar-refractivity contribution in [3.05, 3.63) is 54.1 Å². The van der Waals surface area contributed by atoms with Gasteiger partial charge in [0, 0.05) is 25.1 Å². The molecule has 0 aromatic heterocycles. The minimum atomic E-state index is -0.322. The SMILES string of the molecule is CC[C@@H](CNC(=O)Nc1cc(NC(C)=O)ccc1OC)c1ccccc1. The van der Waals surface area contributed by atoms with Gasteiger partial charge in [0.1, 0.15) is 5.75 Å². The van der Waals surface area contributed by atoms with E-state index in [4.69, 9.17) is 4.74 Å². The van der Waals surface area contributed by atoms with Crippen LogP contribution in [-0.4, -0.2) is 25.6 Å². The first kappa shape index (κ1) is 19.3. The Kier molecular flexibility index (Phi) is 7.02. The highest BCUT2D eigenvalue weighted by atomic mass is 16.5. The maximum atomic E-state index is 12.3. The molecule has 0 aliphatic carbocycles. The molecule has 0 radical (unpaired) electrons. The van der Waals surface area contributed by atoms with Gasteiger partial charge in [-0.2, -0.15) is 0 Å². The van der Waals surface area contributed by atoms with Gasteiger partial charge >= 0.3 is 6.03 Å². The minimum Gasteiger partial charge on any atom is -0.495 e. The van der Waals surface area contributed by atoms with E-state index in [0.717, 1.165) is 6.42 Å². The number of carbonyl (C=O) groups is 2. The smallest absolute Gasteiger partial charge is 0.319 e. The fourth-order valence-electron chi connectivity index (χ4n) is 2.69. The van der Waals surface area contributed by atoms with E-state index in [1.807, 2.05) is 18.2 Å². The molecule has 0 saturated heterocycles. The van der Waals surface area contributed by atoms with Gasteiger partial charge in [0.2, 0.25) is 5.91 Å². The van der Waals surface area contributed by atoms with E-state index < -0.39 is 0 Å². The van der Waals surface area contributed by atoms with Crippen LogP contribution in [0.5, 0.6) is 5.75 Å². The van der Waals surface area contributed by atoms with Crippen LogP contribution in [-0.2, 0) is 4.79 Å². The molecule has 3 amide bonds. The van der Waals surface area contributed by atoms with Gasteiger partial charge in [-0.3, -0.25) is 4.79 Å². The molecule has 6 heteroatoms. The highest BCUT2D eigenvalue weighted by Gasteiger charge is 2.13. The Morgan fingerprint density at radius 1 is 1.08 bits per heavy atom. The minimum absolute atomic E-state index is 0.181. The number of hydrogen-bond acceptors (Lipinski definition) is 3. The number of nitrogens with one attached hydrogen (secondary N) is 3. The number of methoxy groups -OCH3 is 1. The maximum Gasteiger partial charge on any atom is 0.319 e. The molecular weight excluding hydrogens is 330 g/mol. The molecule has 6 nitrogen and oxygen atoms in total. The lowest BCUT2D eigenvalue weighted by molar-refractivity contribution is -0.114. The molecule has 0 aliphatic heterocycles. The Bertz CT molecular complexity index is 747. The van der Waals surface area contributed by atoms with E-state index in [1.54, 1.807) is 18.2 Å². The van der Waals surface area contributed by atoms with Gasteiger partial charge in [-0.25, -0.2) is 4.79 Å². The molecule has 2 rings (SSSR count). The number of carbonyl (C=O) groups excluding carboxylic acids is 2. The summed E-state index contributed by atoms with van der Waals surface area (Å²) in [7, 11) is 1.53. The Morgan fingerprint density at radius 2 is 1.81 bits per heavy atom. The predicted molar refractivity (Wildman–Crippen MR) is 104 cm³/mol. The van der Waals surface area contributed by atoms with Crippen LogP contribution in [0, 0.1) is 0 Å². The number of amides is 3. The Balaban J connectivity index is 2.01. The average Bonchev–Trinajstić information content (AvgIpc) is 2.63. The zero-order valence-electron chi connectivity index (χ0n) is 15.3. The Morgan fingerprint density at radius 3 is 2.42 bits per heavy atom. The van der Waals surface area contributed by atoms with E-state index in [2.05, 4.69) is 35.0 Å². The van der Waals surface area contributed by atoms with Crippen molar-refractivity contribution in [2.24, 2.45) is 0 Å². The topological polar surface area (TPSA) is 79.5 Å². The summed E-state index contributed by atoms with van der Waals surface area (Å²) in [5.74, 6) is 0.582. The lowest BCUT2D eigenvalue weighted by atomic mass is 9.97. The zero-order valence-corrected chi connectivity index (χ0v) is 15.3. The Labute approximate surface area is 153 Å². The van der Waals surface area contributed by atoms with Gasteiger partial charge in [0.05, 0.1) is 12.8 Å². The third-order valence-electron chi connectivity index (χ3n) is 4.04. The molecule has 0 heterocycles. The second-order valence-corrected chi connectivity index (χ2v) is 5.95. The molecule has 0 unspecified atom stereocenters. The van der Waals surface area contributed by atoms with E-state index in [9.17, 15) is 9.59 Å². The highest BCUT2D eigenvalue weighted by molar-refractivity contribution is 5.94. The zero-order chi connectivity index (χ0) is 18.9. The van der Waals surface area contributed by atoms with Gasteiger partial charge in [0.15, 0.2) is 0 Å². The number of hydrogen-bond donors (Lipinski definition) is 3. The second kappa shape index (κ2) is 9.46. The second-order valence-electron chi connectivity index (χ2n) is 5.95. The number of ether oxygens (including phenoxy) is 1. The van der Waals surface area contributed by atoms with Crippen LogP contribution < -0.4 is 20.7 Å². The maximum absolute atomic E-state index is 12.3. The predicted octanol–water partition coefficient (Wildman–Crippen LogP) is 3.97. The molecule has 0 spiro atoms. The summed E-state index contributed by atoms with van der Waals surface area (Å²) in [4.78, 5) is 23.5. The van der Waals surface area contributed by atoms with Crippen LogP contribution in [0.3, 0.4) is 0 Å². The van der Waals surface area contributed by atoms with Crippen molar-refractivity contribution >= 4 is 23.3 Å². The molecule has 1 atom stereocenters. The van der Waals surface area contributed by atoms with Crippen LogP contribution in [0.2, 0.25) is 0 Å². The van der Waals surface area contributed by atoms with Gasteiger partial charge in [0.25, 0.3) is 0 Å². The summed E-state index contributed by atoms with van der Waals surface area (Å²) in [5.41, 5.74) is 2.27. The van der Waals surface area contributed by atoms with Crippen LogP contribution in [0.4, 0.5) is 16.2 Å². The quantitative estimate of drug-likeness (QED) is 0.703. The molecule has 0 bridgehead atoms. The number of anilines is 2. The number of urea groups is 1. The van der Waals surface area contributed by atoms with Crippen molar-refractivity contribution in [2.45, 2.75) is 26.2 Å². The van der Waals surface area contributed by atoms with Crippen molar-refractivity contribution in [2.75, 3.05) is 24.3 Å². The van der Waals surface area contributed by atoms with E-state index in [1.165, 1.54) is 19.6 Å². The van der Waals surface area contributed by atoms with Gasteiger partial charge in [-0.15, -0.1) is 0 Å². The van der Waals surface area contributed by atoms with Crippen LogP contribution in [0.15, 0.2) is 48.5 Å². The third-order valence-corrected chi connectivity index (χ3v) is 4.04. The monoisotopic (exact) mass is 355 g/mol.